The Balaban J connectivity index is 1.83. The van der Waals surface area contributed by atoms with E-state index in [1.165, 1.54) is 0 Å². The maximum Gasteiger partial charge on any atom is 0.182 e. The highest BCUT2D eigenvalue weighted by Crippen LogP contribution is 2.29. The van der Waals surface area contributed by atoms with Gasteiger partial charge in [0.25, 0.3) is 0 Å². The summed E-state index contributed by atoms with van der Waals surface area (Å²) in [6.45, 7) is 5.36. The molecule has 2 rings (SSSR count). The number of likely N-dealkylation sites (tertiary alicyclic amines) is 1. The number of hydrogen-bond acceptors (Lipinski definition) is 2. The highest BCUT2D eigenvalue weighted by Gasteiger charge is 2.38. The average molecular weight is 314 g/mol. The van der Waals surface area contributed by atoms with Crippen LogP contribution in [0.3, 0.4) is 0 Å². The van der Waals surface area contributed by atoms with Crippen molar-refractivity contribution in [2.24, 2.45) is 0 Å². The summed E-state index contributed by atoms with van der Waals surface area (Å²) in [6, 6.07) is 9.89. The summed E-state index contributed by atoms with van der Waals surface area (Å²) in [5.41, 5.74) is -0.0659. The summed E-state index contributed by atoms with van der Waals surface area (Å²) in [5.74, 6) is 0.555. The van der Waals surface area contributed by atoms with E-state index in [9.17, 15) is 4.39 Å². The van der Waals surface area contributed by atoms with Gasteiger partial charge in [-0.25, -0.2) is 4.39 Å². The second-order valence-electron chi connectivity index (χ2n) is 4.62. The zero-order valence-electron chi connectivity index (χ0n) is 10.2. The monoisotopic (exact) mass is 313 g/mol. The molecule has 0 bridgehead atoms. The Morgan fingerprint density at radius 2 is 2.17 bits per heavy atom. The molecule has 0 aliphatic carbocycles. The van der Waals surface area contributed by atoms with Gasteiger partial charge in [-0.15, -0.1) is 0 Å². The van der Waals surface area contributed by atoms with Crippen LogP contribution in [0.15, 0.2) is 42.8 Å². The molecule has 18 heavy (non-hydrogen) atoms. The molecule has 1 aromatic rings. The van der Waals surface area contributed by atoms with Gasteiger partial charge in [0.1, 0.15) is 12.3 Å². The van der Waals surface area contributed by atoms with Crippen LogP contribution in [-0.2, 0) is 11.3 Å². The quantitative estimate of drug-likeness (QED) is 0.609. The van der Waals surface area contributed by atoms with E-state index in [0.29, 0.717) is 37.3 Å². The van der Waals surface area contributed by atoms with Crippen LogP contribution in [0.2, 0.25) is 0 Å². The summed E-state index contributed by atoms with van der Waals surface area (Å²) in [6.07, 6.45) is 0.520. The van der Waals surface area contributed by atoms with Crippen LogP contribution in [0.4, 0.5) is 4.39 Å². The molecular formula is C14H17BrFNO. The number of ether oxygens (including phenoxy) is 1. The molecule has 4 heteroatoms. The van der Waals surface area contributed by atoms with Crippen LogP contribution >= 0.6 is 15.9 Å². The molecule has 2 nitrogen and oxygen atoms in total. The van der Waals surface area contributed by atoms with Gasteiger partial charge in [-0.1, -0.05) is 46.3 Å². The minimum Gasteiger partial charge on any atom is -0.475 e. The molecular weight excluding hydrogens is 297 g/mol. The van der Waals surface area contributed by atoms with Gasteiger partial charge in [0.2, 0.25) is 0 Å². The fraction of sp³-hybridized carbons (Fsp3) is 0.429. The molecule has 1 heterocycles. The predicted molar refractivity (Wildman–Crippen MR) is 74.2 cm³/mol. The van der Waals surface area contributed by atoms with Crippen molar-refractivity contribution in [2.45, 2.75) is 18.7 Å². The van der Waals surface area contributed by atoms with Crippen LogP contribution in [0.1, 0.15) is 12.0 Å². The molecule has 0 saturated carbocycles. The highest BCUT2D eigenvalue weighted by atomic mass is 79.9. The molecule has 1 fully saturated rings. The van der Waals surface area contributed by atoms with Gasteiger partial charge in [0.05, 0.1) is 6.54 Å². The van der Waals surface area contributed by atoms with Crippen LogP contribution in [0.5, 0.6) is 0 Å². The second-order valence-corrected chi connectivity index (χ2v) is 5.18. The second kappa shape index (κ2) is 5.74. The van der Waals surface area contributed by atoms with Crippen molar-refractivity contribution in [1.82, 2.24) is 4.90 Å². The zero-order valence-corrected chi connectivity index (χ0v) is 11.8. The number of halogens is 2. The van der Waals surface area contributed by atoms with Gasteiger partial charge in [-0.05, 0) is 12.1 Å². The largest absolute Gasteiger partial charge is 0.475 e. The summed E-state index contributed by atoms with van der Waals surface area (Å²) in [7, 11) is 0. The lowest BCUT2D eigenvalue weighted by molar-refractivity contribution is 0.104. The van der Waals surface area contributed by atoms with Crippen molar-refractivity contribution in [1.29, 1.82) is 0 Å². The molecule has 0 amide bonds. The van der Waals surface area contributed by atoms with E-state index >= 15 is 0 Å². The van der Waals surface area contributed by atoms with Gasteiger partial charge in [0, 0.05) is 18.3 Å². The Morgan fingerprint density at radius 3 is 2.78 bits per heavy atom. The smallest absolute Gasteiger partial charge is 0.182 e. The Kier molecular flexibility index (Phi) is 4.27. The summed E-state index contributed by atoms with van der Waals surface area (Å²) in [4.78, 5) is 1.87. The van der Waals surface area contributed by atoms with Crippen LogP contribution in [0, 0.1) is 0 Å². The van der Waals surface area contributed by atoms with E-state index in [1.54, 1.807) is 0 Å². The molecule has 0 N–H and O–H groups in total. The maximum atomic E-state index is 14.0. The Morgan fingerprint density at radius 1 is 1.44 bits per heavy atom. The number of nitrogens with zero attached hydrogens (tertiary/aromatic N) is 1. The number of alkyl halides is 2. The third-order valence-corrected chi connectivity index (χ3v) is 4.15. The summed E-state index contributed by atoms with van der Waals surface area (Å²) in [5, 5.41) is 0.364. The summed E-state index contributed by atoms with van der Waals surface area (Å²) < 4.78 is 19.6. The predicted octanol–water partition coefficient (Wildman–Crippen LogP) is 3.48. The van der Waals surface area contributed by atoms with Crippen LogP contribution in [-0.4, -0.2) is 29.0 Å². The maximum absolute atomic E-state index is 14.0. The fourth-order valence-corrected chi connectivity index (χ4v) is 2.45. The van der Waals surface area contributed by atoms with Crippen molar-refractivity contribution in [3.05, 3.63) is 48.4 Å². The van der Waals surface area contributed by atoms with Crippen molar-refractivity contribution in [3.63, 3.8) is 0 Å². The lowest BCUT2D eigenvalue weighted by Crippen LogP contribution is -2.30. The first-order valence-electron chi connectivity index (χ1n) is 5.98. The zero-order chi connectivity index (χ0) is 13.0. The first-order valence-corrected chi connectivity index (χ1v) is 7.11. The van der Waals surface area contributed by atoms with Crippen LogP contribution < -0.4 is 0 Å². The lowest BCUT2D eigenvalue weighted by Gasteiger charge is -2.22. The van der Waals surface area contributed by atoms with E-state index in [4.69, 9.17) is 4.74 Å². The van der Waals surface area contributed by atoms with Gasteiger partial charge < -0.3 is 9.64 Å². The summed E-state index contributed by atoms with van der Waals surface area (Å²) >= 11 is 3.21. The first-order chi connectivity index (χ1) is 8.63. The standard InChI is InChI=1S/C14H17BrFNO/c1-12(17-8-7-14(16,10-15)11-17)18-9-13-5-3-2-4-6-13/h2-6H,1,7-11H2. The van der Waals surface area contributed by atoms with Gasteiger partial charge >= 0.3 is 0 Å². The highest BCUT2D eigenvalue weighted by molar-refractivity contribution is 9.09. The van der Waals surface area contributed by atoms with E-state index in [1.807, 2.05) is 35.2 Å². The first kappa shape index (κ1) is 13.4. The molecule has 1 aliphatic rings. The number of hydrogen-bond donors (Lipinski definition) is 0. The van der Waals surface area contributed by atoms with Crippen molar-refractivity contribution in [3.8, 4) is 0 Å². The number of benzene rings is 1. The van der Waals surface area contributed by atoms with E-state index in [0.717, 1.165) is 5.56 Å². The Bertz CT molecular complexity index is 412. The molecule has 0 radical (unpaired) electrons. The van der Waals surface area contributed by atoms with Gasteiger partial charge in [-0.2, -0.15) is 0 Å². The van der Waals surface area contributed by atoms with E-state index in [-0.39, 0.29) is 0 Å². The topological polar surface area (TPSA) is 12.5 Å². The molecule has 1 aliphatic heterocycles. The van der Waals surface area contributed by atoms with E-state index < -0.39 is 5.67 Å². The molecule has 98 valence electrons. The minimum atomic E-state index is -1.15. The molecule has 0 aromatic heterocycles. The third-order valence-electron chi connectivity index (χ3n) is 3.14. The van der Waals surface area contributed by atoms with Gasteiger partial charge in [-0.3, -0.25) is 0 Å². The van der Waals surface area contributed by atoms with Gasteiger partial charge in [0.15, 0.2) is 5.88 Å². The molecule has 0 spiro atoms. The third kappa shape index (κ3) is 3.25. The molecule has 1 atom stereocenters. The Labute approximate surface area is 116 Å². The Hall–Kier alpha value is -1.03. The molecule has 1 unspecified atom stereocenters. The minimum absolute atomic E-state index is 0.353. The van der Waals surface area contributed by atoms with Crippen molar-refractivity contribution >= 4 is 15.9 Å². The molecule has 1 saturated heterocycles. The average Bonchev–Trinajstić information content (AvgIpc) is 2.81. The van der Waals surface area contributed by atoms with Crippen molar-refractivity contribution < 1.29 is 9.13 Å². The fourth-order valence-electron chi connectivity index (χ4n) is 1.99. The van der Waals surface area contributed by atoms with Crippen molar-refractivity contribution in [2.75, 3.05) is 18.4 Å². The number of rotatable bonds is 5. The van der Waals surface area contributed by atoms with E-state index in [2.05, 4.69) is 22.5 Å². The van der Waals surface area contributed by atoms with Crippen LogP contribution in [0.25, 0.3) is 0 Å². The molecule has 1 aromatic carbocycles. The lowest BCUT2D eigenvalue weighted by atomic mass is 10.1. The normalized spacial score (nSPS) is 23.1. The SMILES string of the molecule is C=C(OCc1ccccc1)N1CCC(F)(CBr)C1.